The number of Topliss-reactive ketones (excluding diaryl/α,β-unsaturated/α-hetero) is 1. The molecule has 0 unspecified atom stereocenters. The fourth-order valence-electron chi connectivity index (χ4n) is 3.19. The number of amides is 2. The summed E-state index contributed by atoms with van der Waals surface area (Å²) < 4.78 is 0. The molecular formula is C21H26N3O2+. The minimum Gasteiger partial charge on any atom is -0.328 e. The number of urea groups is 1. The fourth-order valence-corrected chi connectivity index (χ4v) is 3.19. The number of aryl methyl sites for hydroxylation is 1. The summed E-state index contributed by atoms with van der Waals surface area (Å²) in [6.45, 7) is 8.03. The van der Waals surface area contributed by atoms with Crippen LogP contribution in [-0.2, 0) is 6.54 Å². The average molecular weight is 352 g/mol. The molecule has 0 bridgehead atoms. The van der Waals surface area contributed by atoms with E-state index in [1.165, 1.54) is 23.0 Å². The Labute approximate surface area is 154 Å². The third-order valence-electron chi connectivity index (χ3n) is 4.88. The minimum atomic E-state index is -0.0741. The second-order valence-electron chi connectivity index (χ2n) is 6.96. The van der Waals surface area contributed by atoms with Crippen molar-refractivity contribution in [3.8, 4) is 0 Å². The van der Waals surface area contributed by atoms with Gasteiger partial charge in [0.1, 0.15) is 6.54 Å². The van der Waals surface area contributed by atoms with Crippen LogP contribution in [0.1, 0.15) is 28.4 Å². The highest BCUT2D eigenvalue weighted by Crippen LogP contribution is 2.11. The Bertz CT molecular complexity index is 761. The van der Waals surface area contributed by atoms with Crippen LogP contribution in [0.2, 0.25) is 0 Å². The Morgan fingerprint density at radius 1 is 1.00 bits per heavy atom. The number of anilines is 1. The van der Waals surface area contributed by atoms with E-state index >= 15 is 0 Å². The maximum Gasteiger partial charge on any atom is 0.322 e. The summed E-state index contributed by atoms with van der Waals surface area (Å²) >= 11 is 0. The van der Waals surface area contributed by atoms with Crippen molar-refractivity contribution in [2.45, 2.75) is 20.4 Å². The summed E-state index contributed by atoms with van der Waals surface area (Å²) in [5, 5.41) is 2.91. The van der Waals surface area contributed by atoms with Crippen LogP contribution in [0.5, 0.6) is 0 Å². The highest BCUT2D eigenvalue weighted by Gasteiger charge is 2.23. The standard InChI is InChI=1S/C21H25N3O2/c1-16-3-5-18(6-4-16)15-23-11-13-24(14-12-23)21(26)22-20-9-7-19(8-10-20)17(2)25/h3-10H,11-15H2,1-2H3,(H,22,26)/p+1. The van der Waals surface area contributed by atoms with Gasteiger partial charge in [0.2, 0.25) is 0 Å². The van der Waals surface area contributed by atoms with E-state index in [4.69, 9.17) is 0 Å². The van der Waals surface area contributed by atoms with Crippen LogP contribution in [-0.4, -0.2) is 42.9 Å². The van der Waals surface area contributed by atoms with Crippen molar-refractivity contribution in [1.82, 2.24) is 4.90 Å². The summed E-state index contributed by atoms with van der Waals surface area (Å²) in [4.78, 5) is 27.1. The zero-order chi connectivity index (χ0) is 18.5. The molecule has 3 rings (SSSR count). The van der Waals surface area contributed by atoms with Crippen LogP contribution >= 0.6 is 0 Å². The lowest BCUT2D eigenvalue weighted by Gasteiger charge is -2.32. The molecule has 1 heterocycles. The SMILES string of the molecule is CC(=O)c1ccc(NC(=O)N2CC[NH+](Cc3ccc(C)cc3)CC2)cc1. The number of quaternary nitrogens is 1. The van der Waals surface area contributed by atoms with Crippen LogP contribution in [0, 0.1) is 6.92 Å². The molecule has 2 N–H and O–H groups in total. The molecule has 26 heavy (non-hydrogen) atoms. The Hall–Kier alpha value is -2.66. The molecule has 1 saturated heterocycles. The van der Waals surface area contributed by atoms with E-state index in [1.54, 1.807) is 24.3 Å². The Morgan fingerprint density at radius 2 is 1.62 bits per heavy atom. The van der Waals surface area contributed by atoms with Gasteiger partial charge in [-0.1, -0.05) is 29.8 Å². The smallest absolute Gasteiger partial charge is 0.322 e. The second kappa shape index (κ2) is 8.15. The first-order valence-electron chi connectivity index (χ1n) is 9.07. The number of hydrogen-bond acceptors (Lipinski definition) is 2. The predicted molar refractivity (Wildman–Crippen MR) is 103 cm³/mol. The molecule has 0 aliphatic carbocycles. The minimum absolute atomic E-state index is 0.0237. The van der Waals surface area contributed by atoms with Gasteiger partial charge in [-0.05, 0) is 38.1 Å². The van der Waals surface area contributed by atoms with E-state index in [2.05, 4.69) is 36.5 Å². The molecule has 2 aromatic carbocycles. The first-order chi connectivity index (χ1) is 12.5. The number of benzene rings is 2. The molecule has 0 atom stereocenters. The van der Waals surface area contributed by atoms with E-state index in [-0.39, 0.29) is 11.8 Å². The lowest BCUT2D eigenvalue weighted by molar-refractivity contribution is -0.917. The summed E-state index contributed by atoms with van der Waals surface area (Å²) in [5.74, 6) is 0.0237. The molecule has 5 nitrogen and oxygen atoms in total. The van der Waals surface area contributed by atoms with Crippen LogP contribution in [0.4, 0.5) is 10.5 Å². The third-order valence-corrected chi connectivity index (χ3v) is 4.88. The molecule has 0 radical (unpaired) electrons. The second-order valence-corrected chi connectivity index (χ2v) is 6.96. The van der Waals surface area contributed by atoms with E-state index in [0.29, 0.717) is 5.56 Å². The van der Waals surface area contributed by atoms with Gasteiger partial charge < -0.3 is 15.1 Å². The number of rotatable bonds is 4. The average Bonchev–Trinajstić information content (AvgIpc) is 2.64. The van der Waals surface area contributed by atoms with E-state index < -0.39 is 0 Å². The molecule has 2 amide bonds. The number of carbonyl (C=O) groups is 2. The molecule has 0 aromatic heterocycles. The lowest BCUT2D eigenvalue weighted by Crippen LogP contribution is -3.13. The van der Waals surface area contributed by atoms with Gasteiger partial charge in [-0.25, -0.2) is 4.79 Å². The maximum absolute atomic E-state index is 12.4. The molecular weight excluding hydrogens is 326 g/mol. The normalized spacial score (nSPS) is 14.9. The summed E-state index contributed by atoms with van der Waals surface area (Å²) in [5.41, 5.74) is 3.99. The van der Waals surface area contributed by atoms with Crippen molar-refractivity contribution in [2.24, 2.45) is 0 Å². The fraction of sp³-hybridized carbons (Fsp3) is 0.333. The number of ketones is 1. The van der Waals surface area contributed by atoms with Crippen molar-refractivity contribution in [1.29, 1.82) is 0 Å². The number of carbonyl (C=O) groups excluding carboxylic acids is 2. The van der Waals surface area contributed by atoms with Crippen molar-refractivity contribution in [3.63, 3.8) is 0 Å². The zero-order valence-corrected chi connectivity index (χ0v) is 15.4. The topological polar surface area (TPSA) is 53.9 Å². The van der Waals surface area contributed by atoms with Gasteiger partial charge in [-0.2, -0.15) is 0 Å². The molecule has 2 aromatic rings. The first-order valence-corrected chi connectivity index (χ1v) is 9.07. The highest BCUT2D eigenvalue weighted by molar-refractivity contribution is 5.95. The summed E-state index contributed by atoms with van der Waals surface area (Å²) in [6, 6.07) is 15.6. The van der Waals surface area contributed by atoms with Crippen LogP contribution < -0.4 is 10.2 Å². The number of hydrogen-bond donors (Lipinski definition) is 2. The quantitative estimate of drug-likeness (QED) is 0.829. The molecule has 136 valence electrons. The van der Waals surface area contributed by atoms with Crippen molar-refractivity contribution >= 4 is 17.5 Å². The van der Waals surface area contributed by atoms with Crippen molar-refractivity contribution in [2.75, 3.05) is 31.5 Å². The third kappa shape index (κ3) is 4.70. The van der Waals surface area contributed by atoms with Gasteiger partial charge in [0.15, 0.2) is 5.78 Å². The van der Waals surface area contributed by atoms with E-state index in [0.717, 1.165) is 38.4 Å². The predicted octanol–water partition coefficient (Wildman–Crippen LogP) is 2.13. The van der Waals surface area contributed by atoms with Crippen molar-refractivity contribution < 1.29 is 14.5 Å². The number of nitrogens with zero attached hydrogens (tertiary/aromatic N) is 1. The molecule has 1 aliphatic rings. The van der Waals surface area contributed by atoms with Crippen LogP contribution in [0.3, 0.4) is 0 Å². The Kier molecular flexibility index (Phi) is 5.68. The maximum atomic E-state index is 12.4. The van der Waals surface area contributed by atoms with Gasteiger partial charge >= 0.3 is 6.03 Å². The molecule has 1 fully saturated rings. The lowest BCUT2D eigenvalue weighted by atomic mass is 10.1. The van der Waals surface area contributed by atoms with Gasteiger partial charge in [-0.15, -0.1) is 0 Å². The number of piperazine rings is 1. The summed E-state index contributed by atoms with van der Waals surface area (Å²) in [7, 11) is 0. The molecule has 0 spiro atoms. The van der Waals surface area contributed by atoms with Crippen molar-refractivity contribution in [3.05, 3.63) is 65.2 Å². The van der Waals surface area contributed by atoms with Crippen LogP contribution in [0.15, 0.2) is 48.5 Å². The number of nitrogens with one attached hydrogen (secondary N) is 2. The van der Waals surface area contributed by atoms with E-state index in [9.17, 15) is 9.59 Å². The van der Waals surface area contributed by atoms with E-state index in [1.807, 2.05) is 4.90 Å². The zero-order valence-electron chi connectivity index (χ0n) is 15.4. The summed E-state index contributed by atoms with van der Waals surface area (Å²) in [6.07, 6.45) is 0. The van der Waals surface area contributed by atoms with Gasteiger partial charge in [0.05, 0.1) is 26.2 Å². The molecule has 1 aliphatic heterocycles. The molecule has 0 saturated carbocycles. The first kappa shape index (κ1) is 18.1. The monoisotopic (exact) mass is 352 g/mol. The van der Waals surface area contributed by atoms with Gasteiger partial charge in [0, 0.05) is 16.8 Å². The largest absolute Gasteiger partial charge is 0.328 e. The Balaban J connectivity index is 1.48. The van der Waals surface area contributed by atoms with Gasteiger partial charge in [-0.3, -0.25) is 4.79 Å². The van der Waals surface area contributed by atoms with Gasteiger partial charge in [0.25, 0.3) is 0 Å². The highest BCUT2D eigenvalue weighted by atomic mass is 16.2. The Morgan fingerprint density at radius 3 is 2.19 bits per heavy atom. The molecule has 5 heteroatoms. The van der Waals surface area contributed by atoms with Crippen LogP contribution in [0.25, 0.3) is 0 Å².